The molecule has 12 nitrogen and oxygen atoms in total. The maximum Gasteiger partial charge on any atom is 0.326 e. The summed E-state index contributed by atoms with van der Waals surface area (Å²) in [6, 6.07) is 0.668. The first-order valence-electron chi connectivity index (χ1n) is 6.31. The second kappa shape index (κ2) is 7.62. The summed E-state index contributed by atoms with van der Waals surface area (Å²) in [7, 11) is 0. The van der Waals surface area contributed by atoms with Gasteiger partial charge >= 0.3 is 11.9 Å². The Morgan fingerprint density at radius 1 is 1.12 bits per heavy atom. The molecule has 0 unspecified atom stereocenters. The zero-order valence-corrected chi connectivity index (χ0v) is 11.9. The van der Waals surface area contributed by atoms with Crippen LogP contribution in [0.3, 0.4) is 0 Å². The SMILES string of the molecule is O=C(O)CC[C@H](NC(=O)c1ccc([N+](=O)[O-])cc1[N+](=O)[O-])C(=O)O. The minimum absolute atomic E-state index is 0.433. The molecule has 24 heavy (non-hydrogen) atoms. The molecule has 1 rings (SSSR count). The lowest BCUT2D eigenvalue weighted by atomic mass is 10.1. The lowest BCUT2D eigenvalue weighted by molar-refractivity contribution is -0.394. The zero-order valence-electron chi connectivity index (χ0n) is 11.9. The molecule has 12 heteroatoms. The summed E-state index contributed by atoms with van der Waals surface area (Å²) in [5.74, 6) is -3.96. The summed E-state index contributed by atoms with van der Waals surface area (Å²) in [5.41, 5.74) is -2.06. The zero-order chi connectivity index (χ0) is 18.4. The maximum atomic E-state index is 12.0. The monoisotopic (exact) mass is 341 g/mol. The van der Waals surface area contributed by atoms with Crippen molar-refractivity contribution in [1.82, 2.24) is 5.32 Å². The molecule has 128 valence electrons. The molecule has 0 aliphatic heterocycles. The van der Waals surface area contributed by atoms with Crippen LogP contribution in [0.25, 0.3) is 0 Å². The van der Waals surface area contributed by atoms with Gasteiger partial charge in [0.25, 0.3) is 17.3 Å². The number of benzene rings is 1. The molecule has 1 aromatic carbocycles. The highest BCUT2D eigenvalue weighted by Gasteiger charge is 2.27. The van der Waals surface area contributed by atoms with Crippen molar-refractivity contribution in [2.45, 2.75) is 18.9 Å². The van der Waals surface area contributed by atoms with Gasteiger partial charge in [-0.25, -0.2) is 4.79 Å². The molecule has 0 aliphatic carbocycles. The predicted molar refractivity (Wildman–Crippen MR) is 75.5 cm³/mol. The number of carboxylic acids is 2. The van der Waals surface area contributed by atoms with E-state index in [0.29, 0.717) is 6.07 Å². The van der Waals surface area contributed by atoms with Gasteiger partial charge in [-0.05, 0) is 12.5 Å². The van der Waals surface area contributed by atoms with Crippen LogP contribution in [0.1, 0.15) is 23.2 Å². The first kappa shape index (κ1) is 18.5. The summed E-state index contributed by atoms with van der Waals surface area (Å²) < 4.78 is 0. The van der Waals surface area contributed by atoms with Gasteiger partial charge in [-0.1, -0.05) is 0 Å². The summed E-state index contributed by atoms with van der Waals surface area (Å²) in [5, 5.41) is 41.0. The number of non-ortho nitro benzene ring substituents is 1. The topological polar surface area (TPSA) is 190 Å². The average Bonchev–Trinajstić information content (AvgIpc) is 2.49. The Labute approximate surface area is 133 Å². The van der Waals surface area contributed by atoms with Crippen molar-refractivity contribution in [1.29, 1.82) is 0 Å². The molecule has 1 amide bonds. The van der Waals surface area contributed by atoms with Gasteiger partial charge in [-0.15, -0.1) is 0 Å². The second-order valence-corrected chi connectivity index (χ2v) is 4.51. The van der Waals surface area contributed by atoms with Gasteiger partial charge in [-0.2, -0.15) is 0 Å². The molecule has 0 saturated heterocycles. The average molecular weight is 341 g/mol. The van der Waals surface area contributed by atoms with Gasteiger partial charge in [0.2, 0.25) is 0 Å². The van der Waals surface area contributed by atoms with E-state index in [1.165, 1.54) is 0 Å². The number of carbonyl (C=O) groups is 3. The molecule has 0 aliphatic rings. The van der Waals surface area contributed by atoms with Crippen molar-refractivity contribution < 1.29 is 34.4 Å². The largest absolute Gasteiger partial charge is 0.481 e. The summed E-state index contributed by atoms with van der Waals surface area (Å²) >= 11 is 0. The van der Waals surface area contributed by atoms with Gasteiger partial charge in [0.15, 0.2) is 0 Å². The molecule has 1 aromatic rings. The van der Waals surface area contributed by atoms with E-state index >= 15 is 0 Å². The summed E-state index contributed by atoms with van der Waals surface area (Å²) in [6.45, 7) is 0. The van der Waals surface area contributed by atoms with Crippen molar-refractivity contribution in [3.05, 3.63) is 44.0 Å². The number of carboxylic acid groups (broad SMARTS) is 2. The van der Waals surface area contributed by atoms with Crippen LogP contribution in [0.4, 0.5) is 11.4 Å². The Morgan fingerprint density at radius 3 is 2.21 bits per heavy atom. The number of aliphatic carboxylic acids is 2. The minimum atomic E-state index is -1.58. The lowest BCUT2D eigenvalue weighted by Crippen LogP contribution is -2.41. The van der Waals surface area contributed by atoms with Crippen LogP contribution in [0.15, 0.2) is 18.2 Å². The molecule has 0 heterocycles. The van der Waals surface area contributed by atoms with Crippen LogP contribution >= 0.6 is 0 Å². The third-order valence-corrected chi connectivity index (χ3v) is 2.88. The molecular formula is C12H11N3O9. The van der Waals surface area contributed by atoms with Gasteiger partial charge in [0, 0.05) is 12.5 Å². The molecule has 0 bridgehead atoms. The first-order chi connectivity index (χ1) is 11.1. The second-order valence-electron chi connectivity index (χ2n) is 4.51. The fourth-order valence-electron chi connectivity index (χ4n) is 1.74. The Balaban J connectivity index is 3.08. The molecule has 0 spiro atoms. The third kappa shape index (κ3) is 4.72. The minimum Gasteiger partial charge on any atom is -0.481 e. The van der Waals surface area contributed by atoms with Gasteiger partial charge < -0.3 is 15.5 Å². The van der Waals surface area contributed by atoms with E-state index in [1.54, 1.807) is 0 Å². The normalized spacial score (nSPS) is 11.3. The quantitative estimate of drug-likeness (QED) is 0.447. The summed E-state index contributed by atoms with van der Waals surface area (Å²) in [4.78, 5) is 53.2. The molecule has 0 saturated carbocycles. The molecule has 3 N–H and O–H groups in total. The van der Waals surface area contributed by atoms with E-state index in [1.807, 2.05) is 5.32 Å². The van der Waals surface area contributed by atoms with Crippen LogP contribution in [0, 0.1) is 20.2 Å². The molecular weight excluding hydrogens is 330 g/mol. The molecule has 0 radical (unpaired) electrons. The van der Waals surface area contributed by atoms with Crippen LogP contribution in [0.2, 0.25) is 0 Å². The fraction of sp³-hybridized carbons (Fsp3) is 0.250. The van der Waals surface area contributed by atoms with E-state index in [4.69, 9.17) is 10.2 Å². The van der Waals surface area contributed by atoms with E-state index in [0.717, 1.165) is 12.1 Å². The third-order valence-electron chi connectivity index (χ3n) is 2.88. The van der Waals surface area contributed by atoms with Gasteiger partial charge in [0.1, 0.15) is 11.6 Å². The van der Waals surface area contributed by atoms with Crippen molar-refractivity contribution in [2.24, 2.45) is 0 Å². The number of hydrogen-bond donors (Lipinski definition) is 3. The van der Waals surface area contributed by atoms with Crippen molar-refractivity contribution in [3.8, 4) is 0 Å². The van der Waals surface area contributed by atoms with Crippen LogP contribution < -0.4 is 5.32 Å². The highest BCUT2D eigenvalue weighted by Crippen LogP contribution is 2.24. The molecule has 0 aromatic heterocycles. The predicted octanol–water partition coefficient (Wildman–Crippen LogP) is 0.551. The Morgan fingerprint density at radius 2 is 1.75 bits per heavy atom. The molecule has 0 fully saturated rings. The van der Waals surface area contributed by atoms with Crippen LogP contribution in [0.5, 0.6) is 0 Å². The van der Waals surface area contributed by atoms with Crippen molar-refractivity contribution in [3.63, 3.8) is 0 Å². The van der Waals surface area contributed by atoms with E-state index in [9.17, 15) is 34.6 Å². The highest BCUT2D eigenvalue weighted by molar-refractivity contribution is 6.00. The highest BCUT2D eigenvalue weighted by atomic mass is 16.6. The lowest BCUT2D eigenvalue weighted by Gasteiger charge is -2.13. The van der Waals surface area contributed by atoms with Gasteiger partial charge in [0.05, 0.1) is 15.9 Å². The Bertz CT molecular complexity index is 716. The smallest absolute Gasteiger partial charge is 0.326 e. The number of rotatable bonds is 8. The number of nitro benzene ring substituents is 2. The fourth-order valence-corrected chi connectivity index (χ4v) is 1.74. The van der Waals surface area contributed by atoms with E-state index in [-0.39, 0.29) is 0 Å². The van der Waals surface area contributed by atoms with Crippen LogP contribution in [-0.4, -0.2) is 43.9 Å². The van der Waals surface area contributed by atoms with Crippen molar-refractivity contribution in [2.75, 3.05) is 0 Å². The Kier molecular flexibility index (Phi) is 5.87. The first-order valence-corrected chi connectivity index (χ1v) is 6.31. The maximum absolute atomic E-state index is 12.0. The number of hydrogen-bond acceptors (Lipinski definition) is 7. The Hall–Kier alpha value is -3.57. The molecule has 1 atom stereocenters. The number of nitro groups is 2. The van der Waals surface area contributed by atoms with E-state index < -0.39 is 63.5 Å². The van der Waals surface area contributed by atoms with E-state index in [2.05, 4.69) is 0 Å². The number of carbonyl (C=O) groups excluding carboxylic acids is 1. The van der Waals surface area contributed by atoms with Crippen molar-refractivity contribution >= 4 is 29.2 Å². The number of nitrogens with one attached hydrogen (secondary N) is 1. The summed E-state index contributed by atoms with van der Waals surface area (Å²) in [6.07, 6.45) is -0.975. The number of amides is 1. The standard InChI is InChI=1S/C12H11N3O9/c16-10(17)4-3-8(12(19)20)13-11(18)7-2-1-6(14(21)22)5-9(7)15(23)24/h1-2,5,8H,3-4H2,(H,13,18)(H,16,17)(H,19,20)/t8-/m0/s1. The van der Waals surface area contributed by atoms with Gasteiger partial charge in [-0.3, -0.25) is 29.8 Å². The number of nitrogens with zero attached hydrogens (tertiary/aromatic N) is 2. The van der Waals surface area contributed by atoms with Crippen LogP contribution in [-0.2, 0) is 9.59 Å².